The Morgan fingerprint density at radius 1 is 0.923 bits per heavy atom. The molecule has 0 aliphatic carbocycles. The highest BCUT2D eigenvalue weighted by molar-refractivity contribution is 8.02. The number of ether oxygens (including phenoxy) is 1. The number of unbranched alkanes of at least 4 members (excludes halogenated alkanes) is 11. The van der Waals surface area contributed by atoms with E-state index in [1.165, 1.54) is 70.3 Å². The molecule has 4 nitrogen and oxygen atoms in total. The Morgan fingerprint density at radius 3 is 2.23 bits per heavy atom. The van der Waals surface area contributed by atoms with Gasteiger partial charge in [0.15, 0.2) is 11.6 Å². The molecule has 0 bridgehead atoms. The van der Waals surface area contributed by atoms with Gasteiger partial charge in [-0.3, -0.25) is 4.79 Å². The Labute approximate surface area is 240 Å². The number of amides is 1. The van der Waals surface area contributed by atoms with Gasteiger partial charge in [0.05, 0.1) is 19.0 Å². The third kappa shape index (κ3) is 11.7. The van der Waals surface area contributed by atoms with Crippen molar-refractivity contribution >= 4 is 23.4 Å². The van der Waals surface area contributed by atoms with Gasteiger partial charge in [0, 0.05) is 25.4 Å². The lowest BCUT2D eigenvalue weighted by Gasteiger charge is -2.23. The molecule has 0 atom stereocenters. The quantitative estimate of drug-likeness (QED) is 0.162. The number of anilines is 1. The molecule has 0 saturated heterocycles. The maximum absolute atomic E-state index is 14.8. The molecule has 1 aliphatic rings. The first-order valence-corrected chi connectivity index (χ1v) is 15.9. The Hall–Kier alpha value is -2.47. The summed E-state index contributed by atoms with van der Waals surface area (Å²) in [5.74, 6) is 0.779. The summed E-state index contributed by atoms with van der Waals surface area (Å²) in [6, 6.07) is 13.1. The fourth-order valence-electron chi connectivity index (χ4n) is 4.92. The van der Waals surface area contributed by atoms with Crippen molar-refractivity contribution < 1.29 is 13.9 Å². The van der Waals surface area contributed by atoms with Crippen molar-refractivity contribution in [2.24, 2.45) is 0 Å². The normalized spacial score (nSPS) is 12.7. The fourth-order valence-corrected chi connectivity index (χ4v) is 5.63. The van der Waals surface area contributed by atoms with Gasteiger partial charge in [-0.2, -0.15) is 0 Å². The Balaban J connectivity index is 1.37. The van der Waals surface area contributed by atoms with Crippen molar-refractivity contribution in [3.63, 3.8) is 0 Å². The van der Waals surface area contributed by atoms with Crippen LogP contribution >= 0.6 is 11.8 Å². The van der Waals surface area contributed by atoms with Crippen molar-refractivity contribution in [3.05, 3.63) is 71.0 Å². The van der Waals surface area contributed by atoms with E-state index in [2.05, 4.69) is 29.5 Å². The number of carbonyl (C=O) groups is 1. The summed E-state index contributed by atoms with van der Waals surface area (Å²) < 4.78 is 20.5. The van der Waals surface area contributed by atoms with E-state index in [9.17, 15) is 9.18 Å². The van der Waals surface area contributed by atoms with Crippen molar-refractivity contribution in [2.75, 3.05) is 17.4 Å². The first-order valence-electron chi connectivity index (χ1n) is 14.9. The third-order valence-corrected chi connectivity index (χ3v) is 7.98. The summed E-state index contributed by atoms with van der Waals surface area (Å²) in [4.78, 5) is 16.4. The second-order valence-corrected chi connectivity index (χ2v) is 11.5. The number of thioether (sulfide) groups is 1. The van der Waals surface area contributed by atoms with Crippen molar-refractivity contribution in [1.82, 2.24) is 4.90 Å². The monoisotopic (exact) mass is 554 g/mol. The smallest absolute Gasteiger partial charge is 0.224 e. The van der Waals surface area contributed by atoms with E-state index in [1.807, 2.05) is 24.3 Å². The average molecular weight is 555 g/mol. The van der Waals surface area contributed by atoms with Crippen LogP contribution in [0.5, 0.6) is 5.75 Å². The summed E-state index contributed by atoms with van der Waals surface area (Å²) in [6.45, 7) is 5.45. The maximum Gasteiger partial charge on any atom is 0.224 e. The van der Waals surface area contributed by atoms with Gasteiger partial charge in [-0.1, -0.05) is 95.8 Å². The second kappa shape index (κ2) is 18.0. The number of carbonyl (C=O) groups excluding carboxylic acids is 1. The minimum absolute atomic E-state index is 0.0727. The van der Waals surface area contributed by atoms with Crippen LogP contribution in [-0.2, 0) is 17.9 Å². The third-order valence-electron chi connectivity index (χ3n) is 7.19. The lowest BCUT2D eigenvalue weighted by Crippen LogP contribution is -2.28. The number of hydrogen-bond acceptors (Lipinski definition) is 4. The van der Waals surface area contributed by atoms with Gasteiger partial charge in [-0.15, -0.1) is 11.8 Å². The minimum Gasteiger partial charge on any atom is -0.491 e. The fraction of sp³-hybridized carbons (Fsp3) is 0.545. The first-order chi connectivity index (χ1) is 19.1. The van der Waals surface area contributed by atoms with Gasteiger partial charge < -0.3 is 14.5 Å². The molecule has 0 fully saturated rings. The molecule has 0 N–H and O–H groups in total. The zero-order valence-corrected chi connectivity index (χ0v) is 24.8. The molecule has 1 aliphatic heterocycles. The molecule has 0 spiro atoms. The largest absolute Gasteiger partial charge is 0.491 e. The van der Waals surface area contributed by atoms with Crippen LogP contribution < -0.4 is 9.64 Å². The molecule has 1 amide bonds. The molecular formula is C33H47FN2O2S. The van der Waals surface area contributed by atoms with E-state index >= 15 is 0 Å². The molecule has 2 aromatic carbocycles. The minimum atomic E-state index is -0.373. The lowest BCUT2D eigenvalue weighted by atomic mass is 10.1. The summed E-state index contributed by atoms with van der Waals surface area (Å²) in [5, 5.41) is 2.09. The summed E-state index contributed by atoms with van der Waals surface area (Å²) in [7, 11) is 0. The van der Waals surface area contributed by atoms with E-state index in [4.69, 9.17) is 4.74 Å². The van der Waals surface area contributed by atoms with E-state index < -0.39 is 0 Å². The summed E-state index contributed by atoms with van der Waals surface area (Å²) >= 11 is 1.77. The van der Waals surface area contributed by atoms with Crippen LogP contribution in [0.3, 0.4) is 0 Å². The van der Waals surface area contributed by atoms with Gasteiger partial charge in [0.1, 0.15) is 0 Å². The van der Waals surface area contributed by atoms with Crippen LogP contribution in [0.25, 0.3) is 0 Å². The van der Waals surface area contributed by atoms with Crippen LogP contribution in [0.1, 0.15) is 102 Å². The molecule has 214 valence electrons. The predicted molar refractivity (Wildman–Crippen MR) is 163 cm³/mol. The molecule has 0 unspecified atom stereocenters. The van der Waals surface area contributed by atoms with Crippen molar-refractivity contribution in [3.8, 4) is 5.75 Å². The number of halogens is 1. The van der Waals surface area contributed by atoms with Crippen molar-refractivity contribution in [2.45, 2.75) is 104 Å². The van der Waals surface area contributed by atoms with E-state index in [-0.39, 0.29) is 17.5 Å². The maximum atomic E-state index is 14.8. The Bertz CT molecular complexity index is 1030. The highest BCUT2D eigenvalue weighted by atomic mass is 32.2. The second-order valence-electron chi connectivity index (χ2n) is 10.6. The standard InChI is InChI=1S/C33H47FN2O2S/c1-3-4-5-6-7-8-9-10-11-12-13-14-21-38-33-19-18-30(24-32(33)34)26-36(28(2)37)31-17-15-16-29(23-31)25-35-20-22-39-27-35/h15-20,22-24H,3-14,21,25-27H2,1-2H3. The summed E-state index contributed by atoms with van der Waals surface area (Å²) in [5.41, 5.74) is 2.70. The predicted octanol–water partition coefficient (Wildman–Crippen LogP) is 9.44. The summed E-state index contributed by atoms with van der Waals surface area (Å²) in [6.07, 6.45) is 17.5. The SMILES string of the molecule is CCCCCCCCCCCCCCOc1ccc(CN(C(C)=O)c2cccc(CN3C=CSC3)c2)cc1F. The van der Waals surface area contributed by atoms with Gasteiger partial charge in [-0.25, -0.2) is 4.39 Å². The number of nitrogens with zero attached hydrogens (tertiary/aromatic N) is 2. The molecule has 2 aromatic rings. The van der Waals surface area contributed by atoms with Crippen LogP contribution in [0.4, 0.5) is 10.1 Å². The van der Waals surface area contributed by atoms with Gasteiger partial charge in [0.2, 0.25) is 5.91 Å². The molecule has 39 heavy (non-hydrogen) atoms. The van der Waals surface area contributed by atoms with Crippen molar-refractivity contribution in [1.29, 1.82) is 0 Å². The molecule has 3 rings (SSSR count). The Morgan fingerprint density at radius 2 is 1.62 bits per heavy atom. The highest BCUT2D eigenvalue weighted by Gasteiger charge is 2.15. The van der Waals surface area contributed by atoms with Crippen LogP contribution in [0, 0.1) is 5.82 Å². The van der Waals surface area contributed by atoms with Gasteiger partial charge >= 0.3 is 0 Å². The molecule has 0 aromatic heterocycles. The molecule has 0 saturated carbocycles. The average Bonchev–Trinajstić information content (AvgIpc) is 3.44. The van der Waals surface area contributed by atoms with Crippen LogP contribution in [-0.4, -0.2) is 23.3 Å². The van der Waals surface area contributed by atoms with E-state index in [1.54, 1.807) is 29.7 Å². The zero-order valence-electron chi connectivity index (χ0n) is 24.0. The first kappa shape index (κ1) is 31.1. The topological polar surface area (TPSA) is 32.8 Å². The number of benzene rings is 2. The molecular weight excluding hydrogens is 507 g/mol. The number of rotatable bonds is 19. The van der Waals surface area contributed by atoms with Crippen LogP contribution in [0.2, 0.25) is 0 Å². The van der Waals surface area contributed by atoms with Crippen LogP contribution in [0.15, 0.2) is 54.1 Å². The van der Waals surface area contributed by atoms with Gasteiger partial charge in [0.25, 0.3) is 0 Å². The number of hydrogen-bond donors (Lipinski definition) is 0. The van der Waals surface area contributed by atoms with Gasteiger partial charge in [-0.05, 0) is 47.2 Å². The molecule has 1 heterocycles. The Kier molecular flexibility index (Phi) is 14.3. The zero-order chi connectivity index (χ0) is 27.7. The molecule has 0 radical (unpaired) electrons. The van der Waals surface area contributed by atoms with E-state index in [0.717, 1.165) is 42.1 Å². The molecule has 6 heteroatoms. The highest BCUT2D eigenvalue weighted by Crippen LogP contribution is 2.25. The lowest BCUT2D eigenvalue weighted by molar-refractivity contribution is -0.116. The van der Waals surface area contributed by atoms with E-state index in [0.29, 0.717) is 13.2 Å².